The number of nitrogens with two attached hydrogens (primary N) is 1. The van der Waals surface area contributed by atoms with E-state index in [0.717, 1.165) is 24.2 Å². The lowest BCUT2D eigenvalue weighted by molar-refractivity contribution is 0.0590. The summed E-state index contributed by atoms with van der Waals surface area (Å²) in [7, 11) is -2.57. The van der Waals surface area contributed by atoms with Gasteiger partial charge in [0.25, 0.3) is 10.0 Å². The Balaban J connectivity index is 0.00000220. The number of methoxy groups -OCH3 is 1. The molecule has 1 aliphatic carbocycles. The Bertz CT molecular complexity index is 582. The average molecular weight is 356 g/mol. The monoisotopic (exact) mass is 355 g/mol. The van der Waals surface area contributed by atoms with Gasteiger partial charge in [-0.2, -0.15) is 0 Å². The van der Waals surface area contributed by atoms with E-state index in [1.54, 1.807) is 0 Å². The molecule has 0 atom stereocenters. The zero-order valence-electron chi connectivity index (χ0n) is 11.4. The summed E-state index contributed by atoms with van der Waals surface area (Å²) >= 11 is 0.902. The van der Waals surface area contributed by atoms with Gasteiger partial charge in [0.2, 0.25) is 0 Å². The third-order valence-corrected chi connectivity index (χ3v) is 6.14. The second-order valence-corrected chi connectivity index (χ2v) is 7.48. The van der Waals surface area contributed by atoms with E-state index >= 15 is 0 Å². The van der Waals surface area contributed by atoms with Crippen LogP contribution in [0.15, 0.2) is 9.72 Å². The molecule has 1 aromatic heterocycles. The summed E-state index contributed by atoms with van der Waals surface area (Å²) in [6.45, 7) is 0. The van der Waals surface area contributed by atoms with Gasteiger partial charge in [-0.15, -0.1) is 23.7 Å². The lowest BCUT2D eigenvalue weighted by Gasteiger charge is -2.26. The maximum atomic E-state index is 12.3. The quantitative estimate of drug-likeness (QED) is 0.776. The van der Waals surface area contributed by atoms with Gasteiger partial charge in [-0.1, -0.05) is 0 Å². The van der Waals surface area contributed by atoms with E-state index in [1.165, 1.54) is 12.6 Å². The van der Waals surface area contributed by atoms with Crippen LogP contribution in [0.4, 0.5) is 0 Å². The standard InChI is InChI=1S/C11H17N3O4S2.ClH/c1-18-10(15)9-11(19-6-13-9)20(16,17)14-8-4-2-7(12)3-5-8;/h6-8,14H,2-5,12H2,1H3;1H. The first kappa shape index (κ1) is 18.3. The second kappa shape index (κ2) is 7.50. The minimum atomic E-state index is -3.76. The van der Waals surface area contributed by atoms with Gasteiger partial charge in [-0.3, -0.25) is 0 Å². The number of esters is 1. The molecular weight excluding hydrogens is 338 g/mol. The summed E-state index contributed by atoms with van der Waals surface area (Å²) in [4.78, 5) is 15.3. The van der Waals surface area contributed by atoms with E-state index < -0.39 is 16.0 Å². The topological polar surface area (TPSA) is 111 Å². The molecule has 0 bridgehead atoms. The van der Waals surface area contributed by atoms with Crippen molar-refractivity contribution in [2.75, 3.05) is 7.11 Å². The van der Waals surface area contributed by atoms with Crippen molar-refractivity contribution in [3.8, 4) is 0 Å². The van der Waals surface area contributed by atoms with Crippen molar-refractivity contribution in [3.05, 3.63) is 11.2 Å². The highest BCUT2D eigenvalue weighted by Crippen LogP contribution is 2.24. The number of carbonyl (C=O) groups excluding carboxylic acids is 1. The van der Waals surface area contributed by atoms with Crippen LogP contribution in [0.2, 0.25) is 0 Å². The van der Waals surface area contributed by atoms with Gasteiger partial charge in [0.1, 0.15) is 0 Å². The van der Waals surface area contributed by atoms with Crippen LogP contribution in [-0.2, 0) is 14.8 Å². The van der Waals surface area contributed by atoms with E-state index in [9.17, 15) is 13.2 Å². The second-order valence-electron chi connectivity index (χ2n) is 4.71. The number of nitrogens with zero attached hydrogens (tertiary/aromatic N) is 1. The summed E-state index contributed by atoms with van der Waals surface area (Å²) in [6, 6.07) is -0.00261. The molecule has 7 nitrogen and oxygen atoms in total. The molecule has 0 saturated heterocycles. The Morgan fingerprint density at radius 3 is 2.62 bits per heavy atom. The first-order valence-electron chi connectivity index (χ1n) is 6.23. The molecule has 3 N–H and O–H groups in total. The molecule has 1 aliphatic rings. The molecule has 120 valence electrons. The molecule has 1 fully saturated rings. The summed E-state index contributed by atoms with van der Waals surface area (Å²) in [5.74, 6) is -0.753. The summed E-state index contributed by atoms with van der Waals surface area (Å²) < 4.78 is 31.7. The molecule has 0 amide bonds. The molecule has 1 saturated carbocycles. The van der Waals surface area contributed by atoms with Gasteiger partial charge in [-0.05, 0) is 25.7 Å². The molecular formula is C11H18ClN3O4S2. The van der Waals surface area contributed by atoms with Gasteiger partial charge >= 0.3 is 5.97 Å². The van der Waals surface area contributed by atoms with Gasteiger partial charge in [0, 0.05) is 12.1 Å². The van der Waals surface area contributed by atoms with Gasteiger partial charge in [0.05, 0.1) is 12.6 Å². The number of carbonyl (C=O) groups is 1. The summed E-state index contributed by atoms with van der Waals surface area (Å²) in [6.07, 6.45) is 2.99. The molecule has 1 aromatic rings. The number of hydrogen-bond donors (Lipinski definition) is 2. The molecule has 0 aromatic carbocycles. The Kier molecular flexibility index (Phi) is 6.54. The predicted molar refractivity (Wildman–Crippen MR) is 81.3 cm³/mol. The van der Waals surface area contributed by atoms with E-state index in [4.69, 9.17) is 5.73 Å². The minimum Gasteiger partial charge on any atom is -0.464 e. The van der Waals surface area contributed by atoms with Crippen LogP contribution in [0.5, 0.6) is 0 Å². The van der Waals surface area contributed by atoms with E-state index in [0.29, 0.717) is 12.8 Å². The van der Waals surface area contributed by atoms with Crippen molar-refractivity contribution in [2.45, 2.75) is 42.0 Å². The Hall–Kier alpha value is -0.740. The number of aromatic nitrogens is 1. The number of thiazole rings is 1. The van der Waals surface area contributed by atoms with Crippen LogP contribution in [0.25, 0.3) is 0 Å². The average Bonchev–Trinajstić information content (AvgIpc) is 2.90. The number of hydrogen-bond acceptors (Lipinski definition) is 7. The van der Waals surface area contributed by atoms with E-state index in [1.807, 2.05) is 0 Å². The molecule has 0 spiro atoms. The number of nitrogens with one attached hydrogen (secondary N) is 1. The van der Waals surface area contributed by atoms with Crippen molar-refractivity contribution in [1.82, 2.24) is 9.71 Å². The Morgan fingerprint density at radius 2 is 2.05 bits per heavy atom. The Labute approximate surface area is 133 Å². The van der Waals surface area contributed by atoms with Crippen LogP contribution in [-0.4, -0.2) is 38.6 Å². The predicted octanol–water partition coefficient (Wildman–Crippen LogP) is 0.900. The number of sulfonamides is 1. The third-order valence-electron chi connectivity index (χ3n) is 3.25. The first-order valence-corrected chi connectivity index (χ1v) is 8.60. The first-order chi connectivity index (χ1) is 9.44. The normalized spacial score (nSPS) is 22.4. The molecule has 0 radical (unpaired) electrons. The highest BCUT2D eigenvalue weighted by molar-refractivity contribution is 7.91. The highest BCUT2D eigenvalue weighted by atomic mass is 35.5. The molecule has 0 unspecified atom stereocenters. The van der Waals surface area contributed by atoms with Crippen molar-refractivity contribution >= 4 is 39.7 Å². The summed E-state index contributed by atoms with van der Waals surface area (Å²) in [5, 5.41) is 0. The van der Waals surface area contributed by atoms with Crippen molar-refractivity contribution in [2.24, 2.45) is 5.73 Å². The van der Waals surface area contributed by atoms with Crippen molar-refractivity contribution in [3.63, 3.8) is 0 Å². The minimum absolute atomic E-state index is 0. The zero-order valence-corrected chi connectivity index (χ0v) is 13.9. The lowest BCUT2D eigenvalue weighted by Crippen LogP contribution is -2.40. The molecule has 0 aliphatic heterocycles. The summed E-state index contributed by atoms with van der Waals surface area (Å²) in [5.41, 5.74) is 6.94. The number of rotatable bonds is 4. The largest absolute Gasteiger partial charge is 0.464 e. The van der Waals surface area contributed by atoms with Crippen LogP contribution in [0.1, 0.15) is 36.2 Å². The lowest BCUT2D eigenvalue weighted by atomic mass is 9.93. The van der Waals surface area contributed by atoms with E-state index in [-0.39, 0.29) is 34.4 Å². The smallest absolute Gasteiger partial charge is 0.358 e. The highest BCUT2D eigenvalue weighted by Gasteiger charge is 2.30. The van der Waals surface area contributed by atoms with Gasteiger partial charge < -0.3 is 10.5 Å². The maximum Gasteiger partial charge on any atom is 0.358 e. The fourth-order valence-corrected chi connectivity index (χ4v) is 4.62. The number of ether oxygens (including phenoxy) is 1. The molecule has 21 heavy (non-hydrogen) atoms. The van der Waals surface area contributed by atoms with Gasteiger partial charge in [-0.25, -0.2) is 22.9 Å². The van der Waals surface area contributed by atoms with Crippen molar-refractivity contribution < 1.29 is 17.9 Å². The van der Waals surface area contributed by atoms with Crippen LogP contribution >= 0.6 is 23.7 Å². The van der Waals surface area contributed by atoms with Crippen LogP contribution in [0, 0.1) is 0 Å². The molecule has 1 heterocycles. The Morgan fingerprint density at radius 1 is 1.43 bits per heavy atom. The molecule has 2 rings (SSSR count). The SMILES string of the molecule is COC(=O)c1ncsc1S(=O)(=O)NC1CCC(N)CC1.Cl. The fraction of sp³-hybridized carbons (Fsp3) is 0.636. The van der Waals surface area contributed by atoms with Crippen molar-refractivity contribution in [1.29, 1.82) is 0 Å². The number of halogens is 1. The fourth-order valence-electron chi connectivity index (χ4n) is 2.17. The van der Waals surface area contributed by atoms with Crippen LogP contribution in [0.3, 0.4) is 0 Å². The molecule has 10 heteroatoms. The maximum absolute atomic E-state index is 12.3. The van der Waals surface area contributed by atoms with Gasteiger partial charge in [0.15, 0.2) is 9.90 Å². The third kappa shape index (κ3) is 4.36. The van der Waals surface area contributed by atoms with Crippen LogP contribution < -0.4 is 10.5 Å². The van der Waals surface area contributed by atoms with E-state index in [2.05, 4.69) is 14.4 Å². The zero-order chi connectivity index (χ0) is 14.8.